The SMILES string of the molecule is Cc1cc(Cl)ccc1S(=O)(=O)Nc1cncc(Cl)n1. The van der Waals surface area contributed by atoms with Crippen molar-refractivity contribution in [1.29, 1.82) is 0 Å². The summed E-state index contributed by atoms with van der Waals surface area (Å²) in [5.41, 5.74) is 0.537. The number of nitrogens with one attached hydrogen (secondary N) is 1. The van der Waals surface area contributed by atoms with E-state index in [0.717, 1.165) is 0 Å². The Kier molecular flexibility index (Phi) is 3.93. The molecular formula is C11H9Cl2N3O2S. The minimum absolute atomic E-state index is 0.0573. The molecule has 0 fully saturated rings. The molecule has 0 saturated heterocycles. The Morgan fingerprint density at radius 1 is 1.21 bits per heavy atom. The van der Waals surface area contributed by atoms with Gasteiger partial charge in [0.2, 0.25) is 0 Å². The van der Waals surface area contributed by atoms with Gasteiger partial charge in [-0.3, -0.25) is 9.71 Å². The van der Waals surface area contributed by atoms with Crippen LogP contribution in [0.4, 0.5) is 5.82 Å². The quantitative estimate of drug-likeness (QED) is 0.944. The van der Waals surface area contributed by atoms with E-state index >= 15 is 0 Å². The van der Waals surface area contributed by atoms with Gasteiger partial charge in [0.05, 0.1) is 17.3 Å². The van der Waals surface area contributed by atoms with Gasteiger partial charge in [0, 0.05) is 5.02 Å². The van der Waals surface area contributed by atoms with Crippen LogP contribution in [-0.4, -0.2) is 18.4 Å². The van der Waals surface area contributed by atoms with Crippen LogP contribution in [-0.2, 0) is 10.0 Å². The van der Waals surface area contributed by atoms with E-state index in [9.17, 15) is 8.42 Å². The highest BCUT2D eigenvalue weighted by Crippen LogP contribution is 2.21. The molecule has 0 aliphatic carbocycles. The van der Waals surface area contributed by atoms with Crippen LogP contribution in [0, 0.1) is 6.92 Å². The largest absolute Gasteiger partial charge is 0.263 e. The Morgan fingerprint density at radius 2 is 1.95 bits per heavy atom. The molecule has 100 valence electrons. The fourth-order valence-electron chi connectivity index (χ4n) is 1.50. The first-order valence-corrected chi connectivity index (χ1v) is 7.39. The third-order valence-electron chi connectivity index (χ3n) is 2.27. The van der Waals surface area contributed by atoms with Crippen LogP contribution >= 0.6 is 23.2 Å². The number of aromatic nitrogens is 2. The van der Waals surface area contributed by atoms with Crippen molar-refractivity contribution in [2.75, 3.05) is 4.72 Å². The summed E-state index contributed by atoms with van der Waals surface area (Å²) in [6, 6.07) is 4.50. The van der Waals surface area contributed by atoms with Crippen LogP contribution in [0.2, 0.25) is 10.2 Å². The summed E-state index contributed by atoms with van der Waals surface area (Å²) in [4.78, 5) is 7.70. The van der Waals surface area contributed by atoms with Gasteiger partial charge < -0.3 is 0 Å². The zero-order valence-electron chi connectivity index (χ0n) is 9.76. The van der Waals surface area contributed by atoms with E-state index in [1.54, 1.807) is 13.0 Å². The third-order valence-corrected chi connectivity index (χ3v) is 4.20. The highest BCUT2D eigenvalue weighted by molar-refractivity contribution is 7.92. The molecule has 19 heavy (non-hydrogen) atoms. The highest BCUT2D eigenvalue weighted by atomic mass is 35.5. The predicted molar refractivity (Wildman–Crippen MR) is 74.0 cm³/mol. The summed E-state index contributed by atoms with van der Waals surface area (Å²) in [6.45, 7) is 1.66. The van der Waals surface area contributed by atoms with Gasteiger partial charge in [-0.05, 0) is 30.7 Å². The van der Waals surface area contributed by atoms with Crippen LogP contribution in [0.25, 0.3) is 0 Å². The molecule has 0 radical (unpaired) electrons. The van der Waals surface area contributed by atoms with E-state index in [1.165, 1.54) is 24.5 Å². The molecule has 0 atom stereocenters. The van der Waals surface area contributed by atoms with Crippen molar-refractivity contribution in [3.05, 3.63) is 46.3 Å². The van der Waals surface area contributed by atoms with Gasteiger partial charge >= 0.3 is 0 Å². The van der Waals surface area contributed by atoms with Gasteiger partial charge in [-0.2, -0.15) is 0 Å². The van der Waals surface area contributed by atoms with Crippen molar-refractivity contribution >= 4 is 39.0 Å². The number of rotatable bonds is 3. The summed E-state index contributed by atoms with van der Waals surface area (Å²) >= 11 is 11.4. The van der Waals surface area contributed by atoms with Crippen LogP contribution in [0.3, 0.4) is 0 Å². The van der Waals surface area contributed by atoms with E-state index in [1.807, 2.05) is 0 Å². The van der Waals surface area contributed by atoms with Gasteiger partial charge in [-0.25, -0.2) is 13.4 Å². The molecule has 0 bridgehead atoms. The Morgan fingerprint density at radius 3 is 2.58 bits per heavy atom. The Labute approximate surface area is 120 Å². The lowest BCUT2D eigenvalue weighted by molar-refractivity contribution is 0.600. The lowest BCUT2D eigenvalue weighted by Crippen LogP contribution is -2.15. The topological polar surface area (TPSA) is 72.0 Å². The maximum absolute atomic E-state index is 12.2. The summed E-state index contributed by atoms with van der Waals surface area (Å²) < 4.78 is 26.7. The number of benzene rings is 1. The lowest BCUT2D eigenvalue weighted by Gasteiger charge is -2.09. The standard InChI is InChI=1S/C11H9Cl2N3O2S/c1-7-4-8(12)2-3-9(7)19(17,18)16-11-6-14-5-10(13)15-11/h2-6H,1H3,(H,15,16). The zero-order valence-corrected chi connectivity index (χ0v) is 12.1. The highest BCUT2D eigenvalue weighted by Gasteiger charge is 2.17. The molecule has 5 nitrogen and oxygen atoms in total. The second-order valence-electron chi connectivity index (χ2n) is 3.74. The first kappa shape index (κ1) is 14.0. The maximum atomic E-state index is 12.2. The van der Waals surface area contributed by atoms with Crippen LogP contribution < -0.4 is 4.72 Å². The minimum atomic E-state index is -3.75. The van der Waals surface area contributed by atoms with Gasteiger partial charge in [-0.1, -0.05) is 23.2 Å². The van der Waals surface area contributed by atoms with Crippen LogP contribution in [0.15, 0.2) is 35.5 Å². The van der Waals surface area contributed by atoms with Crippen molar-refractivity contribution in [3.8, 4) is 0 Å². The summed E-state index contributed by atoms with van der Waals surface area (Å²) in [6.07, 6.45) is 2.58. The van der Waals surface area contributed by atoms with Gasteiger partial charge in [0.1, 0.15) is 5.15 Å². The van der Waals surface area contributed by atoms with Crippen molar-refractivity contribution in [2.45, 2.75) is 11.8 Å². The molecule has 0 unspecified atom stereocenters. The maximum Gasteiger partial charge on any atom is 0.263 e. The van der Waals surface area contributed by atoms with Gasteiger partial charge in [0.15, 0.2) is 5.82 Å². The average Bonchev–Trinajstić information content (AvgIpc) is 2.27. The zero-order chi connectivity index (χ0) is 14.0. The molecule has 1 N–H and O–H groups in total. The minimum Gasteiger partial charge on any atom is -0.262 e. The number of hydrogen-bond donors (Lipinski definition) is 1. The molecule has 2 aromatic rings. The molecule has 8 heteroatoms. The number of anilines is 1. The first-order chi connectivity index (χ1) is 8.88. The number of hydrogen-bond acceptors (Lipinski definition) is 4. The summed E-state index contributed by atoms with van der Waals surface area (Å²) in [7, 11) is -3.75. The van der Waals surface area contributed by atoms with Crippen molar-refractivity contribution < 1.29 is 8.42 Å². The number of aryl methyl sites for hydroxylation is 1. The molecule has 0 aliphatic heterocycles. The normalized spacial score (nSPS) is 11.3. The predicted octanol–water partition coefficient (Wildman–Crippen LogP) is 2.89. The fraction of sp³-hybridized carbons (Fsp3) is 0.0909. The Balaban J connectivity index is 2.38. The van der Waals surface area contributed by atoms with Crippen molar-refractivity contribution in [2.24, 2.45) is 0 Å². The third kappa shape index (κ3) is 3.34. The summed E-state index contributed by atoms with van der Waals surface area (Å²) in [5, 5.41) is 0.576. The molecule has 0 amide bonds. The number of sulfonamides is 1. The molecule has 1 heterocycles. The Bertz CT molecular complexity index is 720. The van der Waals surface area contributed by atoms with Crippen LogP contribution in [0.5, 0.6) is 0 Å². The molecular weight excluding hydrogens is 309 g/mol. The summed E-state index contributed by atoms with van der Waals surface area (Å²) in [5.74, 6) is 0.0573. The smallest absolute Gasteiger partial charge is 0.262 e. The molecule has 0 saturated carbocycles. The van der Waals surface area contributed by atoms with Crippen LogP contribution in [0.1, 0.15) is 5.56 Å². The molecule has 1 aromatic carbocycles. The average molecular weight is 318 g/mol. The second kappa shape index (κ2) is 5.32. The van der Waals surface area contributed by atoms with E-state index in [0.29, 0.717) is 10.6 Å². The first-order valence-electron chi connectivity index (χ1n) is 5.15. The fourth-order valence-corrected chi connectivity index (χ4v) is 3.09. The molecule has 0 aliphatic rings. The molecule has 0 spiro atoms. The second-order valence-corrected chi connectivity index (χ2v) is 6.22. The van der Waals surface area contributed by atoms with E-state index in [4.69, 9.17) is 23.2 Å². The number of halogens is 2. The lowest BCUT2D eigenvalue weighted by atomic mass is 10.2. The Hall–Kier alpha value is -1.37. The van der Waals surface area contributed by atoms with E-state index in [-0.39, 0.29) is 15.9 Å². The van der Waals surface area contributed by atoms with Gasteiger partial charge in [0.25, 0.3) is 10.0 Å². The van der Waals surface area contributed by atoms with Crippen molar-refractivity contribution in [1.82, 2.24) is 9.97 Å². The van der Waals surface area contributed by atoms with Crippen molar-refractivity contribution in [3.63, 3.8) is 0 Å². The van der Waals surface area contributed by atoms with E-state index < -0.39 is 10.0 Å². The number of nitrogens with zero attached hydrogens (tertiary/aromatic N) is 2. The molecule has 2 rings (SSSR count). The van der Waals surface area contributed by atoms with Gasteiger partial charge in [-0.15, -0.1) is 0 Å². The monoisotopic (exact) mass is 317 g/mol. The van der Waals surface area contributed by atoms with E-state index in [2.05, 4.69) is 14.7 Å². The molecule has 1 aromatic heterocycles.